The van der Waals surface area contributed by atoms with E-state index in [0.29, 0.717) is 23.6 Å². The fraction of sp³-hybridized carbons (Fsp3) is 0.292. The van der Waals surface area contributed by atoms with E-state index in [9.17, 15) is 19.7 Å². The summed E-state index contributed by atoms with van der Waals surface area (Å²) in [6, 6.07) is 11.5. The highest BCUT2D eigenvalue weighted by molar-refractivity contribution is 9.10. The molecule has 0 fully saturated rings. The lowest BCUT2D eigenvalue weighted by Crippen LogP contribution is -2.38. The molecule has 0 saturated heterocycles. The summed E-state index contributed by atoms with van der Waals surface area (Å²) in [5.41, 5.74) is 0.588. The maximum absolute atomic E-state index is 12.9. The van der Waals surface area contributed by atoms with Gasteiger partial charge < -0.3 is 14.5 Å². The number of nitrogens with zero attached hydrogens (tertiary/aromatic N) is 3. The number of carbonyl (C=O) groups excluding carboxylic acids is 2. The number of carbonyl (C=O) groups is 2. The molecule has 0 spiro atoms. The van der Waals surface area contributed by atoms with Crippen LogP contribution >= 0.6 is 15.9 Å². The molecule has 2 amide bonds. The molecule has 12 heteroatoms. The Labute approximate surface area is 216 Å². The van der Waals surface area contributed by atoms with Gasteiger partial charge in [0.05, 0.1) is 29.0 Å². The number of nitro benzene ring substituents is 1. The van der Waals surface area contributed by atoms with Gasteiger partial charge in [-0.05, 0) is 51.1 Å². The Morgan fingerprint density at radius 2 is 1.97 bits per heavy atom. The van der Waals surface area contributed by atoms with E-state index in [1.165, 1.54) is 30.2 Å². The molecule has 0 aliphatic carbocycles. The lowest BCUT2D eigenvalue weighted by Gasteiger charge is -2.27. The van der Waals surface area contributed by atoms with E-state index in [1.54, 1.807) is 33.0 Å². The molecule has 0 bridgehead atoms. The molecule has 0 aliphatic heterocycles. The van der Waals surface area contributed by atoms with Gasteiger partial charge in [-0.2, -0.15) is 0 Å². The van der Waals surface area contributed by atoms with Crippen molar-refractivity contribution in [2.45, 2.75) is 32.8 Å². The SMILES string of the molecule is COC(=O)Nc1ccc(-c2c[nH]c(CCN(C(=O)OC(C)(C)C)c3cccc(Br)c3)n2)c([N+](=O)[O-])c1. The predicted octanol–water partition coefficient (Wildman–Crippen LogP) is 5.91. The van der Waals surface area contributed by atoms with E-state index in [4.69, 9.17) is 4.74 Å². The molecule has 0 unspecified atom stereocenters. The fourth-order valence-electron chi connectivity index (χ4n) is 3.28. The first-order valence-corrected chi connectivity index (χ1v) is 11.7. The van der Waals surface area contributed by atoms with Crippen LogP contribution in [-0.4, -0.2) is 46.3 Å². The average molecular weight is 560 g/mol. The Bertz CT molecular complexity index is 1270. The van der Waals surface area contributed by atoms with Crippen LogP contribution in [0.3, 0.4) is 0 Å². The Hall–Kier alpha value is -3.93. The van der Waals surface area contributed by atoms with E-state index >= 15 is 0 Å². The molecule has 0 saturated carbocycles. The van der Waals surface area contributed by atoms with Crippen molar-refractivity contribution in [3.05, 3.63) is 69.1 Å². The van der Waals surface area contributed by atoms with E-state index in [-0.39, 0.29) is 23.5 Å². The number of imidazole rings is 1. The van der Waals surface area contributed by atoms with E-state index in [2.05, 4.69) is 36.0 Å². The molecular formula is C24H26BrN5O6. The van der Waals surface area contributed by atoms with Crippen LogP contribution in [0.25, 0.3) is 11.3 Å². The molecule has 3 rings (SSSR count). The molecule has 0 radical (unpaired) electrons. The first-order chi connectivity index (χ1) is 17.0. The zero-order valence-electron chi connectivity index (χ0n) is 20.2. The maximum atomic E-state index is 12.9. The summed E-state index contributed by atoms with van der Waals surface area (Å²) >= 11 is 3.42. The van der Waals surface area contributed by atoms with Gasteiger partial charge in [0.15, 0.2) is 0 Å². The number of nitrogens with one attached hydrogen (secondary N) is 2. The summed E-state index contributed by atoms with van der Waals surface area (Å²) in [7, 11) is 1.20. The third kappa shape index (κ3) is 7.04. The number of H-pyrrole nitrogens is 1. The Kier molecular flexibility index (Phi) is 8.30. The van der Waals surface area contributed by atoms with Crippen molar-refractivity contribution < 1.29 is 24.0 Å². The molecule has 0 aliphatic rings. The minimum atomic E-state index is -0.737. The van der Waals surface area contributed by atoms with Crippen molar-refractivity contribution in [1.82, 2.24) is 9.97 Å². The Morgan fingerprint density at radius 1 is 1.22 bits per heavy atom. The van der Waals surface area contributed by atoms with Gasteiger partial charge >= 0.3 is 12.2 Å². The molecule has 0 atom stereocenters. The molecular weight excluding hydrogens is 534 g/mol. The normalized spacial score (nSPS) is 11.0. The molecule has 2 aromatic carbocycles. The third-order valence-corrected chi connectivity index (χ3v) is 5.33. The van der Waals surface area contributed by atoms with E-state index < -0.39 is 22.7 Å². The number of nitro groups is 1. The second-order valence-electron chi connectivity index (χ2n) is 8.70. The summed E-state index contributed by atoms with van der Waals surface area (Å²) in [5, 5.41) is 14.1. The number of aromatic amines is 1. The number of rotatable bonds is 7. The predicted molar refractivity (Wildman–Crippen MR) is 138 cm³/mol. The summed E-state index contributed by atoms with van der Waals surface area (Å²) in [6.45, 7) is 5.63. The average Bonchev–Trinajstić information content (AvgIpc) is 3.26. The lowest BCUT2D eigenvalue weighted by atomic mass is 10.1. The van der Waals surface area contributed by atoms with Crippen LogP contribution in [0.1, 0.15) is 26.6 Å². The van der Waals surface area contributed by atoms with Crippen molar-refractivity contribution >= 4 is 45.2 Å². The topological polar surface area (TPSA) is 140 Å². The van der Waals surface area contributed by atoms with Crippen molar-refractivity contribution in [3.8, 4) is 11.3 Å². The van der Waals surface area contributed by atoms with Crippen LogP contribution < -0.4 is 10.2 Å². The van der Waals surface area contributed by atoms with Crippen molar-refractivity contribution in [1.29, 1.82) is 0 Å². The van der Waals surface area contributed by atoms with Crippen LogP contribution in [-0.2, 0) is 15.9 Å². The first-order valence-electron chi connectivity index (χ1n) is 10.9. The fourth-order valence-corrected chi connectivity index (χ4v) is 3.67. The zero-order valence-corrected chi connectivity index (χ0v) is 21.8. The second-order valence-corrected chi connectivity index (χ2v) is 9.62. The molecule has 3 aromatic rings. The zero-order chi connectivity index (χ0) is 26.5. The van der Waals surface area contributed by atoms with Gasteiger partial charge in [-0.1, -0.05) is 22.0 Å². The molecule has 36 heavy (non-hydrogen) atoms. The second kappa shape index (κ2) is 11.2. The van der Waals surface area contributed by atoms with Gasteiger partial charge in [0, 0.05) is 35.4 Å². The quantitative estimate of drug-likeness (QED) is 0.270. The number of hydrogen-bond acceptors (Lipinski definition) is 7. The number of benzene rings is 2. The number of hydrogen-bond donors (Lipinski definition) is 2. The minimum absolute atomic E-state index is 0.218. The van der Waals surface area contributed by atoms with Crippen LogP contribution in [0.2, 0.25) is 0 Å². The van der Waals surface area contributed by atoms with Gasteiger partial charge in [-0.15, -0.1) is 0 Å². The van der Waals surface area contributed by atoms with Gasteiger partial charge in [0.1, 0.15) is 11.4 Å². The van der Waals surface area contributed by atoms with E-state index in [1.807, 2.05) is 18.2 Å². The van der Waals surface area contributed by atoms with Crippen molar-refractivity contribution in [3.63, 3.8) is 0 Å². The van der Waals surface area contributed by atoms with E-state index in [0.717, 1.165) is 4.47 Å². The highest BCUT2D eigenvalue weighted by Crippen LogP contribution is 2.31. The third-order valence-electron chi connectivity index (χ3n) is 4.84. The largest absolute Gasteiger partial charge is 0.453 e. The summed E-state index contributed by atoms with van der Waals surface area (Å²) < 4.78 is 10.9. The standard InChI is InChI=1S/C24H26BrN5O6/c1-24(2,3)36-23(32)29(17-7-5-6-15(25)12-17)11-10-21-26-14-19(28-21)18-9-8-16(27-22(31)35-4)13-20(18)30(33)34/h5-9,12-14H,10-11H2,1-4H3,(H,26,28)(H,27,31). The van der Waals surface area contributed by atoms with Crippen LogP contribution in [0, 0.1) is 10.1 Å². The number of anilines is 2. The number of methoxy groups -OCH3 is 1. The Morgan fingerprint density at radius 3 is 2.61 bits per heavy atom. The van der Waals surface area contributed by atoms with Crippen LogP contribution in [0.4, 0.5) is 26.7 Å². The lowest BCUT2D eigenvalue weighted by molar-refractivity contribution is -0.384. The monoisotopic (exact) mass is 559 g/mol. The summed E-state index contributed by atoms with van der Waals surface area (Å²) in [5.74, 6) is 0.527. The number of aromatic nitrogens is 2. The summed E-state index contributed by atoms with van der Waals surface area (Å²) in [4.78, 5) is 44.5. The molecule has 1 aromatic heterocycles. The van der Waals surface area contributed by atoms with Crippen molar-refractivity contribution in [2.75, 3.05) is 23.9 Å². The summed E-state index contributed by atoms with van der Waals surface area (Å²) in [6.07, 6.45) is 0.652. The highest BCUT2D eigenvalue weighted by atomic mass is 79.9. The minimum Gasteiger partial charge on any atom is -0.453 e. The molecule has 11 nitrogen and oxygen atoms in total. The van der Waals surface area contributed by atoms with Gasteiger partial charge in [-0.3, -0.25) is 20.3 Å². The van der Waals surface area contributed by atoms with Crippen LogP contribution in [0.15, 0.2) is 53.1 Å². The first kappa shape index (κ1) is 26.7. The number of halogens is 1. The van der Waals surface area contributed by atoms with Crippen LogP contribution in [0.5, 0.6) is 0 Å². The smallest absolute Gasteiger partial charge is 0.414 e. The van der Waals surface area contributed by atoms with Gasteiger partial charge in [0.25, 0.3) is 5.69 Å². The maximum Gasteiger partial charge on any atom is 0.414 e. The van der Waals surface area contributed by atoms with Gasteiger partial charge in [0.2, 0.25) is 0 Å². The Balaban J connectivity index is 1.82. The highest BCUT2D eigenvalue weighted by Gasteiger charge is 2.24. The molecule has 190 valence electrons. The van der Waals surface area contributed by atoms with Gasteiger partial charge in [-0.25, -0.2) is 14.6 Å². The van der Waals surface area contributed by atoms with Crippen molar-refractivity contribution in [2.24, 2.45) is 0 Å². The molecule has 1 heterocycles. The number of ether oxygens (including phenoxy) is 2. The number of amides is 2. The molecule has 2 N–H and O–H groups in total.